The summed E-state index contributed by atoms with van der Waals surface area (Å²) in [6.07, 6.45) is 0. The molecule has 0 bridgehead atoms. The Kier molecular flexibility index (Phi) is 5.41. The minimum Gasteiger partial charge on any atom is -0.419 e. The number of hydrogen-bond acceptors (Lipinski definition) is 6. The molecule has 2 heterocycles. The van der Waals surface area contributed by atoms with Crippen molar-refractivity contribution in [1.29, 1.82) is 0 Å². The first-order valence-electron chi connectivity index (χ1n) is 10.5. The molecule has 7 heteroatoms. The second-order valence-electron chi connectivity index (χ2n) is 7.62. The van der Waals surface area contributed by atoms with Crippen LogP contribution in [0.5, 0.6) is 0 Å². The molecule has 0 saturated carbocycles. The fourth-order valence-electron chi connectivity index (χ4n) is 3.89. The molecule has 0 unspecified atom stereocenters. The molecule has 0 spiro atoms. The molecule has 0 N–H and O–H groups in total. The van der Waals surface area contributed by atoms with Crippen LogP contribution >= 0.6 is 0 Å². The number of oxazole rings is 1. The molecule has 1 fully saturated rings. The van der Waals surface area contributed by atoms with E-state index in [1.54, 1.807) is 30.3 Å². The second-order valence-corrected chi connectivity index (χ2v) is 9.49. The summed E-state index contributed by atoms with van der Waals surface area (Å²) in [7, 11) is -3.83. The maximum atomic E-state index is 13.5. The third kappa shape index (κ3) is 3.87. The van der Waals surface area contributed by atoms with E-state index in [4.69, 9.17) is 4.42 Å². The van der Waals surface area contributed by atoms with E-state index in [9.17, 15) is 8.42 Å². The molecular weight excluding hydrogens is 422 g/mol. The Morgan fingerprint density at radius 2 is 1.22 bits per heavy atom. The maximum absolute atomic E-state index is 13.5. The molecule has 4 aromatic rings. The van der Waals surface area contributed by atoms with E-state index >= 15 is 0 Å². The smallest absolute Gasteiger partial charge is 0.236 e. The van der Waals surface area contributed by atoms with Crippen molar-refractivity contribution in [1.82, 2.24) is 4.98 Å². The summed E-state index contributed by atoms with van der Waals surface area (Å²) in [6, 6.07) is 28.0. The average Bonchev–Trinajstić information content (AvgIpc) is 3.32. The minimum atomic E-state index is -3.83. The number of para-hydroxylation sites is 1. The molecule has 1 aliphatic rings. The molecule has 1 aromatic heterocycles. The van der Waals surface area contributed by atoms with Gasteiger partial charge in [0.05, 0.1) is 4.90 Å². The third-order valence-electron chi connectivity index (χ3n) is 5.60. The Bertz CT molecular complexity index is 1280. The molecule has 32 heavy (non-hydrogen) atoms. The van der Waals surface area contributed by atoms with Gasteiger partial charge >= 0.3 is 0 Å². The standard InChI is InChI=1S/C25H23N3O3S/c29-32(30,22-14-8-3-9-15-22)24-25(31-23(26-24)20-10-4-1-5-11-20)28-18-16-27(17-19-28)21-12-6-2-7-13-21/h1-15H,16-19H2. The lowest BCUT2D eigenvalue weighted by molar-refractivity contribution is 0.525. The first-order valence-corrected chi connectivity index (χ1v) is 12.0. The predicted octanol–water partition coefficient (Wildman–Crippen LogP) is 4.50. The number of sulfone groups is 1. The molecule has 0 amide bonds. The van der Waals surface area contributed by atoms with E-state index < -0.39 is 9.84 Å². The number of hydrogen-bond donors (Lipinski definition) is 0. The third-order valence-corrected chi connectivity index (χ3v) is 7.26. The van der Waals surface area contributed by atoms with E-state index in [0.717, 1.165) is 24.3 Å². The van der Waals surface area contributed by atoms with Gasteiger partial charge < -0.3 is 14.2 Å². The predicted molar refractivity (Wildman–Crippen MR) is 125 cm³/mol. The molecule has 0 aliphatic carbocycles. The number of nitrogens with zero attached hydrogens (tertiary/aromatic N) is 3. The molecule has 5 rings (SSSR count). The maximum Gasteiger partial charge on any atom is 0.236 e. The number of piperazine rings is 1. The van der Waals surface area contributed by atoms with Crippen LogP contribution in [0.2, 0.25) is 0 Å². The molecule has 1 saturated heterocycles. The largest absolute Gasteiger partial charge is 0.419 e. The first-order chi connectivity index (χ1) is 15.6. The van der Waals surface area contributed by atoms with E-state index in [0.29, 0.717) is 24.9 Å². The number of aromatic nitrogens is 1. The highest BCUT2D eigenvalue weighted by Gasteiger charge is 2.32. The van der Waals surface area contributed by atoms with Gasteiger partial charge in [0.15, 0.2) is 0 Å². The zero-order chi connectivity index (χ0) is 22.0. The zero-order valence-corrected chi connectivity index (χ0v) is 18.3. The van der Waals surface area contributed by atoms with Crippen molar-refractivity contribution in [3.63, 3.8) is 0 Å². The summed E-state index contributed by atoms with van der Waals surface area (Å²) in [4.78, 5) is 8.95. The van der Waals surface area contributed by atoms with Gasteiger partial charge in [-0.1, -0.05) is 54.6 Å². The summed E-state index contributed by atoms with van der Waals surface area (Å²) in [5.74, 6) is 0.612. The van der Waals surface area contributed by atoms with Crippen LogP contribution in [-0.4, -0.2) is 39.6 Å². The van der Waals surface area contributed by atoms with E-state index in [2.05, 4.69) is 22.0 Å². The Morgan fingerprint density at radius 3 is 1.84 bits per heavy atom. The summed E-state index contributed by atoms with van der Waals surface area (Å²) < 4.78 is 33.0. The normalized spacial score (nSPS) is 14.5. The van der Waals surface area contributed by atoms with Gasteiger partial charge in [0.1, 0.15) is 0 Å². The van der Waals surface area contributed by atoms with Crippen molar-refractivity contribution in [2.24, 2.45) is 0 Å². The van der Waals surface area contributed by atoms with Gasteiger partial charge in [0, 0.05) is 37.4 Å². The van der Waals surface area contributed by atoms with Crippen molar-refractivity contribution in [3.05, 3.63) is 91.0 Å². The van der Waals surface area contributed by atoms with Crippen LogP contribution in [0.15, 0.2) is 105 Å². The lowest BCUT2D eigenvalue weighted by atomic mass is 10.2. The monoisotopic (exact) mass is 445 g/mol. The van der Waals surface area contributed by atoms with Gasteiger partial charge in [-0.25, -0.2) is 8.42 Å². The number of benzene rings is 3. The highest BCUT2D eigenvalue weighted by Crippen LogP contribution is 2.35. The van der Waals surface area contributed by atoms with Gasteiger partial charge in [-0.2, -0.15) is 4.98 Å². The van der Waals surface area contributed by atoms with Crippen LogP contribution in [0, 0.1) is 0 Å². The van der Waals surface area contributed by atoms with Gasteiger partial charge in [0.25, 0.3) is 0 Å². The first kappa shape index (κ1) is 20.3. The molecular formula is C25H23N3O3S. The lowest BCUT2D eigenvalue weighted by Crippen LogP contribution is -2.46. The van der Waals surface area contributed by atoms with Crippen molar-refractivity contribution in [2.75, 3.05) is 36.0 Å². The number of rotatable bonds is 5. The lowest BCUT2D eigenvalue weighted by Gasteiger charge is -2.36. The second kappa shape index (κ2) is 8.51. The minimum absolute atomic E-state index is 0.0317. The van der Waals surface area contributed by atoms with Crippen LogP contribution < -0.4 is 9.80 Å². The molecule has 0 radical (unpaired) electrons. The molecule has 162 valence electrons. The molecule has 3 aromatic carbocycles. The van der Waals surface area contributed by atoms with Crippen molar-refractivity contribution >= 4 is 21.4 Å². The van der Waals surface area contributed by atoms with Gasteiger partial charge in [-0.3, -0.25) is 0 Å². The van der Waals surface area contributed by atoms with E-state index in [-0.39, 0.29) is 9.92 Å². The summed E-state index contributed by atoms with van der Waals surface area (Å²) in [5.41, 5.74) is 1.90. The highest BCUT2D eigenvalue weighted by molar-refractivity contribution is 7.91. The molecule has 6 nitrogen and oxygen atoms in total. The Morgan fingerprint density at radius 1 is 0.688 bits per heavy atom. The van der Waals surface area contributed by atoms with Crippen molar-refractivity contribution in [3.8, 4) is 11.5 Å². The van der Waals surface area contributed by atoms with Gasteiger partial charge in [-0.05, 0) is 36.4 Å². The van der Waals surface area contributed by atoms with E-state index in [1.165, 1.54) is 0 Å². The van der Waals surface area contributed by atoms with Crippen molar-refractivity contribution in [2.45, 2.75) is 9.92 Å². The van der Waals surface area contributed by atoms with Crippen molar-refractivity contribution < 1.29 is 12.8 Å². The van der Waals surface area contributed by atoms with Gasteiger partial charge in [-0.15, -0.1) is 0 Å². The molecule has 0 atom stereocenters. The van der Waals surface area contributed by atoms with Crippen LogP contribution in [0.25, 0.3) is 11.5 Å². The Hall–Kier alpha value is -3.58. The number of anilines is 2. The van der Waals surface area contributed by atoms with Crippen LogP contribution in [0.3, 0.4) is 0 Å². The summed E-state index contributed by atoms with van der Waals surface area (Å²) >= 11 is 0. The quantitative estimate of drug-likeness (QED) is 0.451. The Labute approximate surface area is 187 Å². The topological polar surface area (TPSA) is 66.7 Å². The van der Waals surface area contributed by atoms with E-state index in [1.807, 2.05) is 53.4 Å². The summed E-state index contributed by atoms with van der Waals surface area (Å²) in [5, 5.41) is -0.0317. The average molecular weight is 446 g/mol. The van der Waals surface area contributed by atoms with Gasteiger partial charge in [0.2, 0.25) is 26.6 Å². The highest BCUT2D eigenvalue weighted by atomic mass is 32.2. The fourth-order valence-corrected chi connectivity index (χ4v) is 5.24. The van der Waals surface area contributed by atoms with Crippen LogP contribution in [0.1, 0.15) is 0 Å². The zero-order valence-electron chi connectivity index (χ0n) is 17.5. The fraction of sp³-hybridized carbons (Fsp3) is 0.160. The van der Waals surface area contributed by atoms with Crippen LogP contribution in [-0.2, 0) is 9.84 Å². The molecule has 1 aliphatic heterocycles. The Balaban J connectivity index is 1.51. The van der Waals surface area contributed by atoms with Crippen LogP contribution in [0.4, 0.5) is 11.6 Å². The SMILES string of the molecule is O=S(=O)(c1ccccc1)c1nc(-c2ccccc2)oc1N1CCN(c2ccccc2)CC1. The summed E-state index contributed by atoms with van der Waals surface area (Å²) in [6.45, 7) is 2.79.